The summed E-state index contributed by atoms with van der Waals surface area (Å²) in [4.78, 5) is 14.7. The summed E-state index contributed by atoms with van der Waals surface area (Å²) in [7, 11) is 0. The van der Waals surface area contributed by atoms with E-state index in [2.05, 4.69) is 5.32 Å². The van der Waals surface area contributed by atoms with E-state index in [9.17, 15) is 4.79 Å². The molecule has 1 atom stereocenters. The maximum absolute atomic E-state index is 12.8. The Hall–Kier alpha value is -1.55. The van der Waals surface area contributed by atoms with Crippen LogP contribution in [0.1, 0.15) is 25.3 Å². The normalized spacial score (nSPS) is 23.1. The zero-order valence-electron chi connectivity index (χ0n) is 12.2. The van der Waals surface area contributed by atoms with Gasteiger partial charge in [-0.1, -0.05) is 6.07 Å². The lowest BCUT2D eigenvalue weighted by Gasteiger charge is -2.36. The number of carbonyl (C=O) groups is 1. The number of fused-ring (bicyclic) bond motifs is 1. The summed E-state index contributed by atoms with van der Waals surface area (Å²) in [6.07, 6.45) is 1.92. The molecule has 1 fully saturated rings. The number of hydrogen-bond donors (Lipinski definition) is 1. The first kappa shape index (κ1) is 13.4. The number of rotatable bonds is 1. The van der Waals surface area contributed by atoms with E-state index in [0.29, 0.717) is 6.54 Å². The second kappa shape index (κ2) is 5.44. The summed E-state index contributed by atoms with van der Waals surface area (Å²) in [5.41, 5.74) is 2.09. The molecule has 2 aliphatic rings. The highest BCUT2D eigenvalue weighted by molar-refractivity contribution is 5.97. The lowest BCUT2D eigenvalue weighted by Crippen LogP contribution is -2.47. The van der Waals surface area contributed by atoms with Crippen LogP contribution in [0.4, 0.5) is 5.69 Å². The predicted molar refractivity (Wildman–Crippen MR) is 79.2 cm³/mol. The van der Waals surface area contributed by atoms with E-state index in [0.717, 1.165) is 42.9 Å². The monoisotopic (exact) mass is 274 g/mol. The zero-order chi connectivity index (χ0) is 14.1. The van der Waals surface area contributed by atoms with Gasteiger partial charge in [-0.2, -0.15) is 0 Å². The lowest BCUT2D eigenvalue weighted by molar-refractivity contribution is -0.123. The second-order valence-corrected chi connectivity index (χ2v) is 5.87. The molecule has 0 spiro atoms. The first-order valence-corrected chi connectivity index (χ1v) is 7.44. The van der Waals surface area contributed by atoms with Gasteiger partial charge in [0.1, 0.15) is 11.9 Å². The smallest absolute Gasteiger partial charge is 0.230 e. The highest BCUT2D eigenvalue weighted by atomic mass is 16.5. The molecule has 0 aromatic heterocycles. The number of benzene rings is 1. The SMILES string of the molecule is Cc1ccc2c(c1)O[C@@H](C)CN2C(=O)C1CCNCC1. The molecule has 1 aromatic carbocycles. The Bertz CT molecular complexity index is 509. The Morgan fingerprint density at radius 3 is 2.85 bits per heavy atom. The molecule has 2 aliphatic heterocycles. The maximum atomic E-state index is 12.8. The van der Waals surface area contributed by atoms with Gasteiger partial charge in [-0.15, -0.1) is 0 Å². The molecule has 1 saturated heterocycles. The van der Waals surface area contributed by atoms with Crippen molar-refractivity contribution < 1.29 is 9.53 Å². The molecule has 4 heteroatoms. The van der Waals surface area contributed by atoms with Gasteiger partial charge in [0.15, 0.2) is 0 Å². The number of anilines is 1. The van der Waals surface area contributed by atoms with Gasteiger partial charge in [-0.05, 0) is 57.5 Å². The van der Waals surface area contributed by atoms with E-state index >= 15 is 0 Å². The van der Waals surface area contributed by atoms with E-state index in [-0.39, 0.29) is 17.9 Å². The summed E-state index contributed by atoms with van der Waals surface area (Å²) < 4.78 is 5.87. The van der Waals surface area contributed by atoms with Crippen LogP contribution in [0, 0.1) is 12.8 Å². The summed E-state index contributed by atoms with van der Waals surface area (Å²) >= 11 is 0. The Morgan fingerprint density at radius 1 is 1.35 bits per heavy atom. The maximum Gasteiger partial charge on any atom is 0.230 e. The molecule has 4 nitrogen and oxygen atoms in total. The van der Waals surface area contributed by atoms with Crippen molar-refractivity contribution in [2.75, 3.05) is 24.5 Å². The number of nitrogens with zero attached hydrogens (tertiary/aromatic N) is 1. The van der Waals surface area contributed by atoms with Gasteiger partial charge in [-0.25, -0.2) is 0 Å². The first-order chi connectivity index (χ1) is 9.65. The number of nitrogens with one attached hydrogen (secondary N) is 1. The van der Waals surface area contributed by atoms with Crippen LogP contribution in [0.3, 0.4) is 0 Å². The molecule has 20 heavy (non-hydrogen) atoms. The highest BCUT2D eigenvalue weighted by Crippen LogP contribution is 2.35. The average molecular weight is 274 g/mol. The van der Waals surface area contributed by atoms with Gasteiger partial charge in [0.25, 0.3) is 0 Å². The average Bonchev–Trinajstić information content (AvgIpc) is 2.46. The Balaban J connectivity index is 1.88. The topological polar surface area (TPSA) is 41.6 Å². The van der Waals surface area contributed by atoms with Gasteiger partial charge >= 0.3 is 0 Å². The molecule has 2 heterocycles. The highest BCUT2D eigenvalue weighted by Gasteiger charge is 2.32. The standard InChI is InChI=1S/C16H22N2O2/c1-11-3-4-14-15(9-11)20-12(2)10-18(14)16(19)13-5-7-17-8-6-13/h3-4,9,12-13,17H,5-8,10H2,1-2H3/t12-/m0/s1. The minimum atomic E-state index is 0.0509. The largest absolute Gasteiger partial charge is 0.487 e. The fourth-order valence-corrected chi connectivity index (χ4v) is 3.05. The molecule has 0 bridgehead atoms. The van der Waals surface area contributed by atoms with Gasteiger partial charge < -0.3 is 15.0 Å². The molecule has 0 saturated carbocycles. The third kappa shape index (κ3) is 2.52. The minimum Gasteiger partial charge on any atom is -0.487 e. The quantitative estimate of drug-likeness (QED) is 0.853. The van der Waals surface area contributed by atoms with Gasteiger partial charge in [0.2, 0.25) is 5.91 Å². The van der Waals surface area contributed by atoms with Crippen LogP contribution >= 0.6 is 0 Å². The van der Waals surface area contributed by atoms with Crippen LogP contribution < -0.4 is 15.0 Å². The van der Waals surface area contributed by atoms with Crippen LogP contribution in [-0.2, 0) is 4.79 Å². The number of ether oxygens (including phenoxy) is 1. The fourth-order valence-electron chi connectivity index (χ4n) is 3.05. The lowest BCUT2D eigenvalue weighted by atomic mass is 9.95. The molecule has 1 N–H and O–H groups in total. The van der Waals surface area contributed by atoms with Crippen molar-refractivity contribution >= 4 is 11.6 Å². The predicted octanol–water partition coefficient (Wildman–Crippen LogP) is 2.11. The van der Waals surface area contributed by atoms with Crippen molar-refractivity contribution in [3.05, 3.63) is 23.8 Å². The third-order valence-corrected chi connectivity index (χ3v) is 4.13. The number of aryl methyl sites for hydroxylation is 1. The fraction of sp³-hybridized carbons (Fsp3) is 0.562. The van der Waals surface area contributed by atoms with Crippen molar-refractivity contribution in [2.45, 2.75) is 32.8 Å². The van der Waals surface area contributed by atoms with E-state index in [1.54, 1.807) is 0 Å². The molecule has 0 aliphatic carbocycles. The van der Waals surface area contributed by atoms with Gasteiger partial charge in [-0.3, -0.25) is 4.79 Å². The number of amides is 1. The molecule has 0 unspecified atom stereocenters. The Labute approximate surface area is 120 Å². The van der Waals surface area contributed by atoms with E-state index < -0.39 is 0 Å². The van der Waals surface area contributed by atoms with Crippen LogP contribution in [0.2, 0.25) is 0 Å². The summed E-state index contributed by atoms with van der Waals surface area (Å²) in [6, 6.07) is 6.07. The van der Waals surface area contributed by atoms with E-state index in [1.807, 2.05) is 36.9 Å². The van der Waals surface area contributed by atoms with E-state index in [4.69, 9.17) is 4.74 Å². The van der Waals surface area contributed by atoms with Crippen LogP contribution in [0.5, 0.6) is 5.75 Å². The van der Waals surface area contributed by atoms with Crippen molar-refractivity contribution in [2.24, 2.45) is 5.92 Å². The molecular weight excluding hydrogens is 252 g/mol. The molecule has 3 rings (SSSR count). The number of hydrogen-bond acceptors (Lipinski definition) is 3. The summed E-state index contributed by atoms with van der Waals surface area (Å²) in [5, 5.41) is 3.31. The molecule has 1 amide bonds. The Kier molecular flexibility index (Phi) is 3.66. The van der Waals surface area contributed by atoms with Crippen LogP contribution in [-0.4, -0.2) is 31.6 Å². The van der Waals surface area contributed by atoms with Crippen molar-refractivity contribution in [3.63, 3.8) is 0 Å². The van der Waals surface area contributed by atoms with Crippen LogP contribution in [0.15, 0.2) is 18.2 Å². The summed E-state index contributed by atoms with van der Waals surface area (Å²) in [5.74, 6) is 1.24. The first-order valence-electron chi connectivity index (χ1n) is 7.44. The van der Waals surface area contributed by atoms with Crippen molar-refractivity contribution in [1.82, 2.24) is 5.32 Å². The zero-order valence-corrected chi connectivity index (χ0v) is 12.2. The third-order valence-electron chi connectivity index (χ3n) is 4.13. The van der Waals surface area contributed by atoms with E-state index in [1.165, 1.54) is 0 Å². The summed E-state index contributed by atoms with van der Waals surface area (Å²) in [6.45, 7) is 6.60. The molecule has 108 valence electrons. The number of piperidine rings is 1. The molecule has 0 radical (unpaired) electrons. The van der Waals surface area contributed by atoms with Gasteiger partial charge in [0, 0.05) is 5.92 Å². The molecular formula is C16H22N2O2. The van der Waals surface area contributed by atoms with Crippen LogP contribution in [0.25, 0.3) is 0 Å². The second-order valence-electron chi connectivity index (χ2n) is 5.87. The van der Waals surface area contributed by atoms with Gasteiger partial charge in [0.05, 0.1) is 12.2 Å². The molecule has 1 aromatic rings. The minimum absolute atomic E-state index is 0.0509. The van der Waals surface area contributed by atoms with Crippen molar-refractivity contribution in [3.8, 4) is 5.75 Å². The number of carbonyl (C=O) groups excluding carboxylic acids is 1. The Morgan fingerprint density at radius 2 is 2.10 bits per heavy atom. The van der Waals surface area contributed by atoms with Crippen molar-refractivity contribution in [1.29, 1.82) is 0 Å².